The number of para-hydroxylation sites is 3. The monoisotopic (exact) mass is 388 g/mol. The second kappa shape index (κ2) is 7.53. The molecule has 0 fully saturated rings. The quantitative estimate of drug-likeness (QED) is 0.403. The molecule has 0 atom stereocenters. The molecule has 0 radical (unpaired) electrons. The third-order valence-electron chi connectivity index (χ3n) is 5.15. The van der Waals surface area contributed by atoms with Gasteiger partial charge in [-0.2, -0.15) is 0 Å². The molecular formula is C24H21ClN2O. The van der Waals surface area contributed by atoms with Gasteiger partial charge in [0.15, 0.2) is 5.75 Å². The van der Waals surface area contributed by atoms with Crippen molar-refractivity contribution in [3.8, 4) is 11.5 Å². The molecule has 0 N–H and O–H groups in total. The summed E-state index contributed by atoms with van der Waals surface area (Å²) in [6, 6.07) is 26.7. The maximum atomic E-state index is 6.17. The van der Waals surface area contributed by atoms with E-state index in [1.54, 1.807) is 0 Å². The Balaban J connectivity index is 0.00000192. The molecule has 0 amide bonds. The molecule has 3 nitrogen and oxygen atoms in total. The number of hydrogen-bond donors (Lipinski definition) is 0. The molecular weight excluding hydrogens is 368 g/mol. The number of rotatable bonds is 3. The van der Waals surface area contributed by atoms with Crippen LogP contribution in [0.25, 0.3) is 10.9 Å². The van der Waals surface area contributed by atoms with Crippen molar-refractivity contribution in [2.45, 2.75) is 13.3 Å². The molecule has 0 saturated heterocycles. The summed E-state index contributed by atoms with van der Waals surface area (Å²) in [4.78, 5) is 7.32. The lowest BCUT2D eigenvalue weighted by Gasteiger charge is -2.22. The van der Waals surface area contributed by atoms with Crippen LogP contribution in [0, 0.1) is 6.92 Å². The van der Waals surface area contributed by atoms with Gasteiger partial charge in [-0.05, 0) is 49.2 Å². The minimum absolute atomic E-state index is 0. The van der Waals surface area contributed by atoms with Crippen molar-refractivity contribution in [2.24, 2.45) is 0 Å². The van der Waals surface area contributed by atoms with Crippen LogP contribution < -0.4 is 9.64 Å². The summed E-state index contributed by atoms with van der Waals surface area (Å²) < 4.78 is 6.17. The number of benzene rings is 3. The SMILES string of the molecule is Cc1nc2c(Oc3ccccc3)cccc2c2c1CCN2c1ccccc1.Cl. The molecule has 5 rings (SSSR count). The smallest absolute Gasteiger partial charge is 0.153 e. The zero-order valence-electron chi connectivity index (χ0n) is 15.6. The average molecular weight is 389 g/mol. The number of hydrogen-bond acceptors (Lipinski definition) is 3. The summed E-state index contributed by atoms with van der Waals surface area (Å²) in [7, 11) is 0. The van der Waals surface area contributed by atoms with Crippen molar-refractivity contribution in [2.75, 3.05) is 11.4 Å². The number of nitrogens with zero attached hydrogens (tertiary/aromatic N) is 2. The molecule has 0 unspecified atom stereocenters. The number of pyridine rings is 1. The van der Waals surface area contributed by atoms with Crippen LogP contribution in [-0.4, -0.2) is 11.5 Å². The second-order valence-corrected chi connectivity index (χ2v) is 6.83. The maximum absolute atomic E-state index is 6.17. The zero-order chi connectivity index (χ0) is 18.2. The first-order valence-corrected chi connectivity index (χ1v) is 9.29. The minimum atomic E-state index is 0. The molecule has 4 heteroatoms. The highest BCUT2D eigenvalue weighted by atomic mass is 35.5. The van der Waals surface area contributed by atoms with Gasteiger partial charge in [0.05, 0.1) is 5.69 Å². The van der Waals surface area contributed by atoms with E-state index in [-0.39, 0.29) is 12.4 Å². The molecule has 4 aromatic rings. The van der Waals surface area contributed by atoms with E-state index < -0.39 is 0 Å². The van der Waals surface area contributed by atoms with Crippen molar-refractivity contribution in [1.82, 2.24) is 4.98 Å². The van der Waals surface area contributed by atoms with Gasteiger partial charge in [-0.1, -0.05) is 48.5 Å². The van der Waals surface area contributed by atoms with Gasteiger partial charge in [0, 0.05) is 23.3 Å². The highest BCUT2D eigenvalue weighted by Gasteiger charge is 2.26. The van der Waals surface area contributed by atoms with E-state index >= 15 is 0 Å². The summed E-state index contributed by atoms with van der Waals surface area (Å²) in [6.45, 7) is 3.08. The third-order valence-corrected chi connectivity index (χ3v) is 5.15. The van der Waals surface area contributed by atoms with E-state index in [1.807, 2.05) is 36.4 Å². The Hall–Kier alpha value is -3.04. The zero-order valence-corrected chi connectivity index (χ0v) is 16.4. The van der Waals surface area contributed by atoms with Gasteiger partial charge < -0.3 is 9.64 Å². The molecule has 0 aliphatic carbocycles. The first-order chi connectivity index (χ1) is 13.3. The van der Waals surface area contributed by atoms with Crippen LogP contribution >= 0.6 is 12.4 Å². The topological polar surface area (TPSA) is 25.4 Å². The van der Waals surface area contributed by atoms with Crippen molar-refractivity contribution >= 4 is 34.7 Å². The predicted molar refractivity (Wildman–Crippen MR) is 117 cm³/mol. The van der Waals surface area contributed by atoms with E-state index in [9.17, 15) is 0 Å². The summed E-state index contributed by atoms with van der Waals surface area (Å²) >= 11 is 0. The Bertz CT molecular complexity index is 1110. The van der Waals surface area contributed by atoms with Crippen molar-refractivity contribution in [3.63, 3.8) is 0 Å². The molecule has 28 heavy (non-hydrogen) atoms. The Kier molecular flexibility index (Phi) is 4.93. The largest absolute Gasteiger partial charge is 0.455 e. The average Bonchev–Trinajstić information content (AvgIpc) is 3.16. The van der Waals surface area contributed by atoms with Crippen LogP contribution in [0.3, 0.4) is 0 Å². The first-order valence-electron chi connectivity index (χ1n) is 9.29. The molecule has 2 heterocycles. The highest BCUT2D eigenvalue weighted by molar-refractivity contribution is 6.00. The maximum Gasteiger partial charge on any atom is 0.153 e. The van der Waals surface area contributed by atoms with Crippen LogP contribution in [0.1, 0.15) is 11.3 Å². The molecule has 1 aliphatic heterocycles. The highest BCUT2D eigenvalue weighted by Crippen LogP contribution is 2.43. The normalized spacial score (nSPS) is 12.5. The lowest BCUT2D eigenvalue weighted by molar-refractivity contribution is 0.487. The molecule has 0 spiro atoms. The number of halogens is 1. The van der Waals surface area contributed by atoms with Crippen LogP contribution in [0.2, 0.25) is 0 Å². The summed E-state index contributed by atoms with van der Waals surface area (Å²) in [5.41, 5.74) is 5.82. The molecule has 0 bridgehead atoms. The van der Waals surface area contributed by atoms with Gasteiger partial charge in [0.2, 0.25) is 0 Å². The van der Waals surface area contributed by atoms with E-state index in [1.165, 1.54) is 16.9 Å². The van der Waals surface area contributed by atoms with Gasteiger partial charge in [0.25, 0.3) is 0 Å². The lowest BCUT2D eigenvalue weighted by atomic mass is 10.1. The molecule has 1 aliphatic rings. The molecule has 3 aromatic carbocycles. The third kappa shape index (κ3) is 3.08. The van der Waals surface area contributed by atoms with Crippen LogP contribution in [-0.2, 0) is 6.42 Å². The van der Waals surface area contributed by atoms with E-state index in [2.05, 4.69) is 54.3 Å². The Morgan fingerprint density at radius 3 is 2.32 bits per heavy atom. The Labute approximate surface area is 171 Å². The first kappa shape index (κ1) is 18.3. The van der Waals surface area contributed by atoms with Gasteiger partial charge in [-0.15, -0.1) is 12.4 Å². The predicted octanol–water partition coefficient (Wildman–Crippen LogP) is 6.45. The number of anilines is 2. The Morgan fingerprint density at radius 2 is 1.57 bits per heavy atom. The van der Waals surface area contributed by atoms with Gasteiger partial charge in [0.1, 0.15) is 11.3 Å². The Morgan fingerprint density at radius 1 is 0.857 bits per heavy atom. The van der Waals surface area contributed by atoms with E-state index in [0.29, 0.717) is 0 Å². The van der Waals surface area contributed by atoms with Crippen LogP contribution in [0.5, 0.6) is 11.5 Å². The number of aryl methyl sites for hydroxylation is 1. The number of aromatic nitrogens is 1. The molecule has 0 saturated carbocycles. The standard InChI is InChI=1S/C24H20N2O.ClH/c1-17-20-15-16-26(18-9-4-2-5-10-18)24(20)21-13-8-14-22(23(21)25-17)27-19-11-6-3-7-12-19;/h2-14H,15-16H2,1H3;1H. The number of fused-ring (bicyclic) bond motifs is 3. The summed E-state index contributed by atoms with van der Waals surface area (Å²) in [5, 5.41) is 1.14. The van der Waals surface area contributed by atoms with E-state index in [0.717, 1.165) is 41.1 Å². The minimum Gasteiger partial charge on any atom is -0.455 e. The summed E-state index contributed by atoms with van der Waals surface area (Å²) in [5.74, 6) is 1.62. The second-order valence-electron chi connectivity index (χ2n) is 6.83. The lowest BCUT2D eigenvalue weighted by Crippen LogP contribution is -2.13. The van der Waals surface area contributed by atoms with Crippen molar-refractivity contribution < 1.29 is 4.74 Å². The van der Waals surface area contributed by atoms with Gasteiger partial charge >= 0.3 is 0 Å². The molecule has 1 aromatic heterocycles. The van der Waals surface area contributed by atoms with Crippen molar-refractivity contribution in [1.29, 1.82) is 0 Å². The molecule has 140 valence electrons. The van der Waals surface area contributed by atoms with Gasteiger partial charge in [-0.25, -0.2) is 4.98 Å². The number of ether oxygens (including phenoxy) is 1. The van der Waals surface area contributed by atoms with E-state index in [4.69, 9.17) is 9.72 Å². The fourth-order valence-corrected chi connectivity index (χ4v) is 3.90. The van der Waals surface area contributed by atoms with Crippen molar-refractivity contribution in [3.05, 3.63) is 90.1 Å². The van der Waals surface area contributed by atoms with Crippen LogP contribution in [0.15, 0.2) is 78.9 Å². The summed E-state index contributed by atoms with van der Waals surface area (Å²) in [6.07, 6.45) is 1.02. The van der Waals surface area contributed by atoms with Gasteiger partial charge in [-0.3, -0.25) is 0 Å². The fourth-order valence-electron chi connectivity index (χ4n) is 3.90. The fraction of sp³-hybridized carbons (Fsp3) is 0.125. The van der Waals surface area contributed by atoms with Crippen LogP contribution in [0.4, 0.5) is 11.4 Å².